The van der Waals surface area contributed by atoms with E-state index in [9.17, 15) is 14.3 Å². The Kier molecular flexibility index (Phi) is 4.42. The second-order valence-electron chi connectivity index (χ2n) is 4.71. The Morgan fingerprint density at radius 1 is 1.29 bits per heavy atom. The molecule has 0 spiro atoms. The number of anilines is 1. The van der Waals surface area contributed by atoms with Gasteiger partial charge in [0, 0.05) is 11.8 Å². The highest BCUT2D eigenvalue weighted by Gasteiger charge is 2.22. The van der Waals surface area contributed by atoms with Gasteiger partial charge < -0.3 is 15.2 Å². The Balaban J connectivity index is 2.36. The smallest absolute Gasteiger partial charge is 0.332 e. The molecule has 0 saturated heterocycles. The molecule has 0 radical (unpaired) electrons. The van der Waals surface area contributed by atoms with Gasteiger partial charge in [-0.2, -0.15) is 0 Å². The van der Waals surface area contributed by atoms with Crippen LogP contribution in [0.5, 0.6) is 5.75 Å². The van der Waals surface area contributed by atoms with Gasteiger partial charge in [0.25, 0.3) is 0 Å². The number of benzene rings is 2. The molecular formula is C16H16FNO3. The van der Waals surface area contributed by atoms with Gasteiger partial charge >= 0.3 is 5.97 Å². The highest BCUT2D eigenvalue weighted by atomic mass is 19.1. The van der Waals surface area contributed by atoms with Crippen LogP contribution in [0.25, 0.3) is 0 Å². The van der Waals surface area contributed by atoms with Crippen LogP contribution in [-0.2, 0) is 9.53 Å². The van der Waals surface area contributed by atoms with Gasteiger partial charge in [0.15, 0.2) is 6.04 Å². The van der Waals surface area contributed by atoms with Gasteiger partial charge in [-0.25, -0.2) is 9.18 Å². The van der Waals surface area contributed by atoms with E-state index in [1.165, 1.54) is 19.2 Å². The summed E-state index contributed by atoms with van der Waals surface area (Å²) in [7, 11) is 1.26. The summed E-state index contributed by atoms with van der Waals surface area (Å²) >= 11 is 0. The Bertz CT molecular complexity index is 637. The standard InChI is InChI=1S/C16H16FNO3/c1-10-4-3-5-13(6-10)18-15(16(20)21-2)11-7-12(17)9-14(19)8-11/h3-9,15,18-19H,1-2H3. The van der Waals surface area contributed by atoms with E-state index in [0.29, 0.717) is 11.3 Å². The van der Waals surface area contributed by atoms with Crippen molar-refractivity contribution in [2.45, 2.75) is 13.0 Å². The summed E-state index contributed by atoms with van der Waals surface area (Å²) in [5.74, 6) is -1.43. The number of hydrogen-bond acceptors (Lipinski definition) is 4. The molecule has 0 bridgehead atoms. The maximum Gasteiger partial charge on any atom is 0.332 e. The van der Waals surface area contributed by atoms with E-state index in [-0.39, 0.29) is 5.75 Å². The molecule has 0 heterocycles. The van der Waals surface area contributed by atoms with Crippen LogP contribution < -0.4 is 5.32 Å². The topological polar surface area (TPSA) is 58.6 Å². The van der Waals surface area contributed by atoms with E-state index in [1.54, 1.807) is 6.07 Å². The first-order valence-corrected chi connectivity index (χ1v) is 6.40. The summed E-state index contributed by atoms with van der Waals surface area (Å²) in [5.41, 5.74) is 2.01. The number of phenolic OH excluding ortho intramolecular Hbond substituents is 1. The van der Waals surface area contributed by atoms with Gasteiger partial charge in [-0.05, 0) is 42.3 Å². The van der Waals surface area contributed by atoms with Crippen LogP contribution in [-0.4, -0.2) is 18.2 Å². The number of halogens is 1. The van der Waals surface area contributed by atoms with Gasteiger partial charge in [-0.1, -0.05) is 12.1 Å². The molecule has 5 heteroatoms. The lowest BCUT2D eigenvalue weighted by Crippen LogP contribution is -2.22. The van der Waals surface area contributed by atoms with Crippen LogP contribution in [0, 0.1) is 12.7 Å². The number of rotatable bonds is 4. The van der Waals surface area contributed by atoms with Crippen molar-refractivity contribution in [1.82, 2.24) is 0 Å². The van der Waals surface area contributed by atoms with Crippen LogP contribution in [0.1, 0.15) is 17.2 Å². The fourth-order valence-corrected chi connectivity index (χ4v) is 2.06. The number of phenols is 1. The lowest BCUT2D eigenvalue weighted by molar-refractivity contribution is -0.141. The number of methoxy groups -OCH3 is 1. The van der Waals surface area contributed by atoms with Crippen molar-refractivity contribution in [1.29, 1.82) is 0 Å². The first-order valence-electron chi connectivity index (χ1n) is 6.40. The maximum absolute atomic E-state index is 13.4. The normalized spacial score (nSPS) is 11.8. The zero-order chi connectivity index (χ0) is 15.4. The Morgan fingerprint density at radius 2 is 2.05 bits per heavy atom. The predicted molar refractivity (Wildman–Crippen MR) is 77.6 cm³/mol. The number of ether oxygens (including phenoxy) is 1. The third-order valence-corrected chi connectivity index (χ3v) is 3.00. The molecule has 0 aliphatic rings. The lowest BCUT2D eigenvalue weighted by Gasteiger charge is -2.18. The lowest BCUT2D eigenvalue weighted by atomic mass is 10.1. The Labute approximate surface area is 122 Å². The van der Waals surface area contributed by atoms with E-state index in [2.05, 4.69) is 5.32 Å². The molecule has 0 fully saturated rings. The summed E-state index contributed by atoms with van der Waals surface area (Å²) < 4.78 is 18.2. The van der Waals surface area contributed by atoms with Crippen LogP contribution >= 0.6 is 0 Å². The molecule has 2 rings (SSSR count). The molecule has 0 saturated carbocycles. The van der Waals surface area contributed by atoms with Crippen molar-refractivity contribution < 1.29 is 19.0 Å². The molecule has 21 heavy (non-hydrogen) atoms. The number of esters is 1. The van der Waals surface area contributed by atoms with Gasteiger partial charge in [0.1, 0.15) is 11.6 Å². The summed E-state index contributed by atoms with van der Waals surface area (Å²) in [6.45, 7) is 1.92. The van der Waals surface area contributed by atoms with E-state index in [4.69, 9.17) is 4.74 Å². The number of carbonyl (C=O) groups is 1. The minimum atomic E-state index is -0.904. The Hall–Kier alpha value is -2.56. The molecule has 1 unspecified atom stereocenters. The van der Waals surface area contributed by atoms with Crippen molar-refractivity contribution in [3.05, 3.63) is 59.4 Å². The highest BCUT2D eigenvalue weighted by molar-refractivity contribution is 5.81. The number of nitrogens with one attached hydrogen (secondary N) is 1. The minimum Gasteiger partial charge on any atom is -0.508 e. The largest absolute Gasteiger partial charge is 0.508 e. The number of aromatic hydroxyl groups is 1. The maximum atomic E-state index is 13.4. The van der Waals surface area contributed by atoms with Crippen LogP contribution in [0.3, 0.4) is 0 Å². The molecule has 4 nitrogen and oxygen atoms in total. The zero-order valence-corrected chi connectivity index (χ0v) is 11.8. The van der Waals surface area contributed by atoms with Crippen molar-refractivity contribution in [2.24, 2.45) is 0 Å². The van der Waals surface area contributed by atoms with Crippen LogP contribution in [0.4, 0.5) is 10.1 Å². The molecule has 0 amide bonds. The van der Waals surface area contributed by atoms with Gasteiger partial charge in [-0.15, -0.1) is 0 Å². The zero-order valence-electron chi connectivity index (χ0n) is 11.8. The predicted octanol–water partition coefficient (Wildman–Crippen LogP) is 3.17. The van der Waals surface area contributed by atoms with Crippen molar-refractivity contribution in [3.8, 4) is 5.75 Å². The first-order chi connectivity index (χ1) is 9.99. The van der Waals surface area contributed by atoms with Gasteiger partial charge in [0.2, 0.25) is 0 Å². The van der Waals surface area contributed by atoms with Crippen molar-refractivity contribution in [2.75, 3.05) is 12.4 Å². The average Bonchev–Trinajstić information content (AvgIpc) is 2.43. The molecule has 2 aromatic rings. The summed E-state index contributed by atoms with van der Waals surface area (Å²) in [5, 5.41) is 12.5. The van der Waals surface area contributed by atoms with Gasteiger partial charge in [-0.3, -0.25) is 0 Å². The van der Waals surface area contributed by atoms with E-state index in [1.807, 2.05) is 25.1 Å². The summed E-state index contributed by atoms with van der Waals surface area (Å²) in [6, 6.07) is 10.00. The number of carbonyl (C=O) groups excluding carboxylic acids is 1. The van der Waals surface area contributed by atoms with E-state index in [0.717, 1.165) is 11.6 Å². The second kappa shape index (κ2) is 6.26. The molecule has 0 aliphatic heterocycles. The monoisotopic (exact) mass is 289 g/mol. The highest BCUT2D eigenvalue weighted by Crippen LogP contribution is 2.25. The molecule has 2 aromatic carbocycles. The number of aryl methyl sites for hydroxylation is 1. The molecule has 2 N–H and O–H groups in total. The van der Waals surface area contributed by atoms with E-state index < -0.39 is 17.8 Å². The fraction of sp³-hybridized carbons (Fsp3) is 0.188. The third-order valence-electron chi connectivity index (χ3n) is 3.00. The Morgan fingerprint density at radius 3 is 2.67 bits per heavy atom. The summed E-state index contributed by atoms with van der Waals surface area (Å²) in [4.78, 5) is 11.9. The second-order valence-corrected chi connectivity index (χ2v) is 4.71. The molecule has 1 atom stereocenters. The third kappa shape index (κ3) is 3.72. The molecule has 110 valence electrons. The number of hydrogen-bond donors (Lipinski definition) is 2. The first kappa shape index (κ1) is 14.8. The molecule has 0 aliphatic carbocycles. The summed E-state index contributed by atoms with van der Waals surface area (Å²) in [6.07, 6.45) is 0. The van der Waals surface area contributed by atoms with Crippen molar-refractivity contribution >= 4 is 11.7 Å². The van der Waals surface area contributed by atoms with Gasteiger partial charge in [0.05, 0.1) is 7.11 Å². The minimum absolute atomic E-state index is 0.245. The van der Waals surface area contributed by atoms with Crippen LogP contribution in [0.2, 0.25) is 0 Å². The quantitative estimate of drug-likeness (QED) is 0.849. The van der Waals surface area contributed by atoms with Crippen molar-refractivity contribution in [3.63, 3.8) is 0 Å². The fourth-order valence-electron chi connectivity index (χ4n) is 2.06. The van der Waals surface area contributed by atoms with E-state index >= 15 is 0 Å². The molecule has 0 aromatic heterocycles. The SMILES string of the molecule is COC(=O)C(Nc1cccc(C)c1)c1cc(O)cc(F)c1. The van der Waals surface area contributed by atoms with Crippen LogP contribution in [0.15, 0.2) is 42.5 Å². The average molecular weight is 289 g/mol. The molecular weight excluding hydrogens is 273 g/mol.